The van der Waals surface area contributed by atoms with Crippen molar-refractivity contribution in [2.24, 2.45) is 0 Å². The van der Waals surface area contributed by atoms with Crippen LogP contribution >= 0.6 is 0 Å². The van der Waals surface area contributed by atoms with E-state index >= 15 is 0 Å². The highest BCUT2D eigenvalue weighted by atomic mass is 16.5. The highest BCUT2D eigenvalue weighted by Gasteiger charge is 2.25. The third kappa shape index (κ3) is 2.54. The van der Waals surface area contributed by atoms with Crippen molar-refractivity contribution in [1.82, 2.24) is 5.32 Å². The third-order valence-corrected chi connectivity index (χ3v) is 3.87. The fourth-order valence-corrected chi connectivity index (χ4v) is 2.80. The van der Waals surface area contributed by atoms with Crippen LogP contribution in [0.15, 0.2) is 42.5 Å². The van der Waals surface area contributed by atoms with Gasteiger partial charge < -0.3 is 10.1 Å². The topological polar surface area (TPSA) is 38.3 Å². The summed E-state index contributed by atoms with van der Waals surface area (Å²) in [7, 11) is 0. The molecular weight excluding hydrogens is 250 g/mol. The lowest BCUT2D eigenvalue weighted by atomic mass is 9.99. The van der Waals surface area contributed by atoms with Crippen molar-refractivity contribution in [3.63, 3.8) is 0 Å². The van der Waals surface area contributed by atoms with Crippen LogP contribution in [0.25, 0.3) is 10.8 Å². The summed E-state index contributed by atoms with van der Waals surface area (Å²) in [5.41, 5.74) is 1.15. The Morgan fingerprint density at radius 2 is 2.05 bits per heavy atom. The van der Waals surface area contributed by atoms with Crippen LogP contribution in [-0.4, -0.2) is 18.6 Å². The van der Waals surface area contributed by atoms with Crippen molar-refractivity contribution in [3.05, 3.63) is 48.0 Å². The summed E-state index contributed by atoms with van der Waals surface area (Å²) in [6.07, 6.45) is 1.53. The van der Waals surface area contributed by atoms with Gasteiger partial charge in [0.1, 0.15) is 6.10 Å². The minimum absolute atomic E-state index is 0.00272. The molecule has 20 heavy (non-hydrogen) atoms. The van der Waals surface area contributed by atoms with Crippen LogP contribution in [0.4, 0.5) is 0 Å². The molecule has 0 radical (unpaired) electrons. The number of carbonyl (C=O) groups is 1. The molecule has 104 valence electrons. The molecule has 3 nitrogen and oxygen atoms in total. The van der Waals surface area contributed by atoms with Gasteiger partial charge in [-0.05, 0) is 36.1 Å². The molecule has 0 aromatic heterocycles. The van der Waals surface area contributed by atoms with E-state index in [9.17, 15) is 4.79 Å². The standard InChI is InChI=1S/C17H19NO2/c1-12(18-17(19)16-10-5-11-20-16)14-9-4-7-13-6-2-3-8-15(13)14/h2-4,6-9,12,16H,5,10-11H2,1H3,(H,18,19). The van der Waals surface area contributed by atoms with E-state index in [1.807, 2.05) is 25.1 Å². The molecule has 2 atom stereocenters. The average molecular weight is 269 g/mol. The van der Waals surface area contributed by atoms with E-state index in [4.69, 9.17) is 4.74 Å². The van der Waals surface area contributed by atoms with Crippen molar-refractivity contribution in [2.75, 3.05) is 6.61 Å². The van der Waals surface area contributed by atoms with Crippen LogP contribution in [0.1, 0.15) is 31.4 Å². The van der Waals surface area contributed by atoms with Gasteiger partial charge in [0.15, 0.2) is 0 Å². The quantitative estimate of drug-likeness (QED) is 0.929. The number of hydrogen-bond donors (Lipinski definition) is 1. The molecule has 2 aromatic rings. The Morgan fingerprint density at radius 1 is 1.25 bits per heavy atom. The van der Waals surface area contributed by atoms with Crippen LogP contribution in [0.5, 0.6) is 0 Å². The minimum atomic E-state index is -0.271. The normalized spacial score (nSPS) is 19.9. The number of benzene rings is 2. The molecule has 1 aliphatic rings. The predicted molar refractivity (Wildman–Crippen MR) is 79.5 cm³/mol. The summed E-state index contributed by atoms with van der Waals surface area (Å²) in [5.74, 6) is 0.00272. The van der Waals surface area contributed by atoms with Crippen molar-refractivity contribution in [1.29, 1.82) is 0 Å². The van der Waals surface area contributed by atoms with Gasteiger partial charge in [-0.15, -0.1) is 0 Å². The molecule has 1 saturated heterocycles. The molecule has 0 aliphatic carbocycles. The first kappa shape index (κ1) is 13.1. The monoisotopic (exact) mass is 269 g/mol. The molecule has 3 rings (SSSR count). The Hall–Kier alpha value is -1.87. The van der Waals surface area contributed by atoms with E-state index in [0.29, 0.717) is 6.61 Å². The highest BCUT2D eigenvalue weighted by Crippen LogP contribution is 2.24. The van der Waals surface area contributed by atoms with Crippen molar-refractivity contribution in [3.8, 4) is 0 Å². The van der Waals surface area contributed by atoms with Gasteiger partial charge in [0.25, 0.3) is 0 Å². The van der Waals surface area contributed by atoms with Gasteiger partial charge in [-0.2, -0.15) is 0 Å². The molecule has 1 N–H and O–H groups in total. The zero-order valence-electron chi connectivity index (χ0n) is 11.6. The lowest BCUT2D eigenvalue weighted by molar-refractivity contribution is -0.130. The second kappa shape index (κ2) is 5.63. The second-order valence-electron chi connectivity index (χ2n) is 5.30. The van der Waals surface area contributed by atoms with E-state index in [0.717, 1.165) is 18.4 Å². The smallest absolute Gasteiger partial charge is 0.249 e. The molecule has 0 saturated carbocycles. The largest absolute Gasteiger partial charge is 0.368 e. The van der Waals surface area contributed by atoms with E-state index in [-0.39, 0.29) is 18.1 Å². The fraction of sp³-hybridized carbons (Fsp3) is 0.353. The Labute approximate surface area is 118 Å². The Bertz CT molecular complexity index is 612. The predicted octanol–water partition coefficient (Wildman–Crippen LogP) is 3.20. The van der Waals surface area contributed by atoms with Gasteiger partial charge >= 0.3 is 0 Å². The molecule has 1 fully saturated rings. The number of fused-ring (bicyclic) bond motifs is 1. The van der Waals surface area contributed by atoms with Crippen LogP contribution in [0.2, 0.25) is 0 Å². The first-order valence-corrected chi connectivity index (χ1v) is 7.15. The zero-order valence-corrected chi connectivity index (χ0v) is 11.6. The first-order chi connectivity index (χ1) is 9.75. The molecule has 0 spiro atoms. The van der Waals surface area contributed by atoms with Crippen LogP contribution < -0.4 is 5.32 Å². The number of ether oxygens (including phenoxy) is 1. The highest BCUT2D eigenvalue weighted by molar-refractivity contribution is 5.87. The van der Waals surface area contributed by atoms with E-state index < -0.39 is 0 Å². The van der Waals surface area contributed by atoms with Gasteiger partial charge in [-0.3, -0.25) is 4.79 Å². The maximum Gasteiger partial charge on any atom is 0.249 e. The van der Waals surface area contributed by atoms with Gasteiger partial charge in [0, 0.05) is 6.61 Å². The fourth-order valence-electron chi connectivity index (χ4n) is 2.80. The van der Waals surface area contributed by atoms with E-state index in [1.54, 1.807) is 0 Å². The SMILES string of the molecule is CC(NC(=O)C1CCCO1)c1cccc2ccccc12. The second-order valence-corrected chi connectivity index (χ2v) is 5.30. The van der Waals surface area contributed by atoms with Crippen LogP contribution in [-0.2, 0) is 9.53 Å². The number of hydrogen-bond acceptors (Lipinski definition) is 2. The van der Waals surface area contributed by atoms with Gasteiger partial charge in [0.2, 0.25) is 5.91 Å². The average Bonchev–Trinajstić information content (AvgIpc) is 3.01. The molecule has 0 bridgehead atoms. The van der Waals surface area contributed by atoms with Crippen molar-refractivity contribution >= 4 is 16.7 Å². The maximum atomic E-state index is 12.1. The Morgan fingerprint density at radius 3 is 2.85 bits per heavy atom. The van der Waals surface area contributed by atoms with Gasteiger partial charge in [-0.25, -0.2) is 0 Å². The van der Waals surface area contributed by atoms with Gasteiger partial charge in [0.05, 0.1) is 6.04 Å². The first-order valence-electron chi connectivity index (χ1n) is 7.15. The summed E-state index contributed by atoms with van der Waals surface area (Å²) >= 11 is 0. The summed E-state index contributed by atoms with van der Waals surface area (Å²) in [6.45, 7) is 2.72. The minimum Gasteiger partial charge on any atom is -0.368 e. The number of nitrogens with one attached hydrogen (secondary N) is 1. The molecule has 1 aliphatic heterocycles. The lowest BCUT2D eigenvalue weighted by Gasteiger charge is -2.18. The van der Waals surface area contributed by atoms with E-state index in [1.165, 1.54) is 10.8 Å². The van der Waals surface area contributed by atoms with E-state index in [2.05, 4.69) is 29.6 Å². The summed E-state index contributed by atoms with van der Waals surface area (Å²) in [5, 5.41) is 5.45. The molecule has 1 heterocycles. The summed E-state index contributed by atoms with van der Waals surface area (Å²) in [4.78, 5) is 12.1. The van der Waals surface area contributed by atoms with Crippen LogP contribution in [0, 0.1) is 0 Å². The number of amides is 1. The Balaban J connectivity index is 1.81. The summed E-state index contributed by atoms with van der Waals surface area (Å²) < 4.78 is 5.43. The zero-order chi connectivity index (χ0) is 13.9. The maximum absolute atomic E-state index is 12.1. The lowest BCUT2D eigenvalue weighted by Crippen LogP contribution is -2.35. The van der Waals surface area contributed by atoms with Gasteiger partial charge in [-0.1, -0.05) is 42.5 Å². The molecular formula is C17H19NO2. The third-order valence-electron chi connectivity index (χ3n) is 3.87. The molecule has 3 heteroatoms. The van der Waals surface area contributed by atoms with Crippen LogP contribution in [0.3, 0.4) is 0 Å². The molecule has 1 amide bonds. The summed E-state index contributed by atoms with van der Waals surface area (Å²) in [6, 6.07) is 14.4. The van der Waals surface area contributed by atoms with Crippen molar-refractivity contribution < 1.29 is 9.53 Å². The molecule has 2 aromatic carbocycles. The number of rotatable bonds is 3. The number of carbonyl (C=O) groups excluding carboxylic acids is 1. The van der Waals surface area contributed by atoms with Crippen molar-refractivity contribution in [2.45, 2.75) is 31.9 Å². The molecule has 2 unspecified atom stereocenters. The Kier molecular flexibility index (Phi) is 3.70.